The van der Waals surface area contributed by atoms with E-state index in [4.69, 9.17) is 9.47 Å². The second-order valence-electron chi connectivity index (χ2n) is 14.5. The van der Waals surface area contributed by atoms with E-state index in [1.54, 1.807) is 42.5 Å². The number of nitriles is 1. The molecule has 0 aromatic heterocycles. The van der Waals surface area contributed by atoms with E-state index < -0.39 is 28.4 Å². The predicted octanol–water partition coefficient (Wildman–Crippen LogP) is 9.99. The molecule has 0 N–H and O–H groups in total. The number of ether oxygens (including phenoxy) is 2. The third-order valence-electron chi connectivity index (χ3n) is 10.2. The highest BCUT2D eigenvalue weighted by molar-refractivity contribution is 7.89. The lowest BCUT2D eigenvalue weighted by Gasteiger charge is -2.27. The Labute approximate surface area is 356 Å². The van der Waals surface area contributed by atoms with Crippen molar-refractivity contribution in [2.24, 2.45) is 0 Å². The first kappa shape index (κ1) is 41.8. The van der Waals surface area contributed by atoms with Crippen molar-refractivity contribution in [3.8, 4) is 34.1 Å². The summed E-state index contributed by atoms with van der Waals surface area (Å²) in [4.78, 5) is 29.8. The van der Waals surface area contributed by atoms with Crippen LogP contribution in [0.25, 0.3) is 22.3 Å². The monoisotopic (exact) mass is 825 g/mol. The van der Waals surface area contributed by atoms with E-state index in [0.717, 1.165) is 48.8 Å². The fourth-order valence-corrected chi connectivity index (χ4v) is 7.90. The van der Waals surface area contributed by atoms with Gasteiger partial charge in [-0.3, -0.25) is 4.79 Å². The number of esters is 1. The van der Waals surface area contributed by atoms with Crippen LogP contribution < -0.4 is 9.64 Å². The zero-order chi connectivity index (χ0) is 42.8. The summed E-state index contributed by atoms with van der Waals surface area (Å²) in [5, 5.41) is 9.42. The van der Waals surface area contributed by atoms with Crippen LogP contribution in [0.2, 0.25) is 0 Å². The zero-order valence-electron chi connectivity index (χ0n) is 33.8. The minimum absolute atomic E-state index is 0.0423. The van der Waals surface area contributed by atoms with Gasteiger partial charge in [-0.2, -0.15) is 9.57 Å². The summed E-state index contributed by atoms with van der Waals surface area (Å²) in [6.45, 7) is 1.61. The van der Waals surface area contributed by atoms with Crippen molar-refractivity contribution in [3.63, 3.8) is 0 Å². The molecule has 0 saturated carbocycles. The van der Waals surface area contributed by atoms with Crippen molar-refractivity contribution in [2.45, 2.75) is 31.6 Å². The molecule has 9 nitrogen and oxygen atoms in total. The Bertz CT molecular complexity index is 2770. The van der Waals surface area contributed by atoms with E-state index in [9.17, 15) is 23.3 Å². The van der Waals surface area contributed by atoms with Crippen LogP contribution in [0, 0.1) is 18.3 Å². The molecule has 61 heavy (non-hydrogen) atoms. The van der Waals surface area contributed by atoms with Gasteiger partial charge in [0, 0.05) is 18.8 Å². The predicted molar refractivity (Wildman–Crippen MR) is 237 cm³/mol. The SMILES string of the molecule is Cc1ccc(S(=O)(=O)N(C)CC(=O)N(Cc2ccc(-c3ccc(C#N)cc3)c(-c3ccccc3)c2)c2ccc(C(=O)OCc3ccccc3)c(OCc3ccccc3)c2)cc1. The van der Waals surface area contributed by atoms with Gasteiger partial charge in [-0.05, 0) is 88.3 Å². The summed E-state index contributed by atoms with van der Waals surface area (Å²) < 4.78 is 40.5. The molecule has 10 heteroatoms. The molecule has 0 aliphatic heterocycles. The van der Waals surface area contributed by atoms with Gasteiger partial charge in [-0.15, -0.1) is 0 Å². The number of aryl methyl sites for hydroxylation is 1. The van der Waals surface area contributed by atoms with Gasteiger partial charge in [0.2, 0.25) is 15.9 Å². The van der Waals surface area contributed by atoms with Gasteiger partial charge in [-0.25, -0.2) is 13.2 Å². The molecule has 0 heterocycles. The minimum atomic E-state index is -4.04. The Hall–Kier alpha value is -7.32. The van der Waals surface area contributed by atoms with Crippen LogP contribution in [0.15, 0.2) is 181 Å². The van der Waals surface area contributed by atoms with Crippen LogP contribution in [0.5, 0.6) is 5.75 Å². The molecule has 0 fully saturated rings. The van der Waals surface area contributed by atoms with Crippen molar-refractivity contribution < 1.29 is 27.5 Å². The summed E-state index contributed by atoms with van der Waals surface area (Å²) in [5.74, 6) is -0.922. The zero-order valence-corrected chi connectivity index (χ0v) is 34.6. The molecule has 0 radical (unpaired) electrons. The second kappa shape index (κ2) is 19.2. The molecule has 0 aliphatic carbocycles. The Kier molecular flexibility index (Phi) is 13.1. The number of amides is 1. The number of rotatable bonds is 15. The smallest absolute Gasteiger partial charge is 0.342 e. The first-order valence-electron chi connectivity index (χ1n) is 19.6. The van der Waals surface area contributed by atoms with Gasteiger partial charge < -0.3 is 14.4 Å². The number of carbonyl (C=O) groups is 2. The largest absolute Gasteiger partial charge is 0.488 e. The fourth-order valence-electron chi connectivity index (χ4n) is 6.78. The molecule has 7 aromatic rings. The number of likely N-dealkylation sites (N-methyl/N-ethyl adjacent to an activating group) is 1. The lowest BCUT2D eigenvalue weighted by atomic mass is 9.92. The second-order valence-corrected chi connectivity index (χ2v) is 16.6. The van der Waals surface area contributed by atoms with Crippen LogP contribution in [-0.4, -0.2) is 38.2 Å². The molecule has 0 aliphatic rings. The normalized spacial score (nSPS) is 11.1. The van der Waals surface area contributed by atoms with Crippen LogP contribution in [-0.2, 0) is 39.3 Å². The van der Waals surface area contributed by atoms with Crippen molar-refractivity contribution in [2.75, 3.05) is 18.5 Å². The Morgan fingerprint density at radius 1 is 0.639 bits per heavy atom. The van der Waals surface area contributed by atoms with Gasteiger partial charge in [0.1, 0.15) is 24.5 Å². The number of sulfonamides is 1. The molecular weight excluding hydrogens is 783 g/mol. The maximum absolute atomic E-state index is 14.6. The highest BCUT2D eigenvalue weighted by atomic mass is 32.2. The van der Waals surface area contributed by atoms with Crippen LogP contribution in [0.3, 0.4) is 0 Å². The number of hydrogen-bond donors (Lipinski definition) is 0. The molecule has 0 bridgehead atoms. The van der Waals surface area contributed by atoms with E-state index in [1.165, 1.54) is 24.1 Å². The quantitative estimate of drug-likeness (QED) is 0.0945. The third kappa shape index (κ3) is 10.3. The van der Waals surface area contributed by atoms with Gasteiger partial charge in [0.05, 0.1) is 29.6 Å². The number of carbonyl (C=O) groups excluding carboxylic acids is 2. The number of benzene rings is 7. The molecular formula is C51H43N3O6S. The molecule has 7 aromatic carbocycles. The summed E-state index contributed by atoms with van der Waals surface area (Å²) in [6, 6.07) is 55.5. The van der Waals surface area contributed by atoms with E-state index >= 15 is 0 Å². The van der Waals surface area contributed by atoms with Crippen molar-refractivity contribution in [1.82, 2.24) is 4.31 Å². The van der Waals surface area contributed by atoms with Gasteiger partial charge in [-0.1, -0.05) is 133 Å². The maximum atomic E-state index is 14.6. The Balaban J connectivity index is 1.28. The Morgan fingerprint density at radius 2 is 1.25 bits per heavy atom. The van der Waals surface area contributed by atoms with E-state index in [1.807, 2.05) is 128 Å². The first-order valence-corrected chi connectivity index (χ1v) is 21.1. The van der Waals surface area contributed by atoms with E-state index in [-0.39, 0.29) is 36.0 Å². The number of nitrogens with zero attached hydrogens (tertiary/aromatic N) is 3. The fraction of sp³-hybridized carbons (Fsp3) is 0.118. The van der Waals surface area contributed by atoms with Crippen molar-refractivity contribution in [1.29, 1.82) is 5.26 Å². The molecule has 0 saturated heterocycles. The maximum Gasteiger partial charge on any atom is 0.342 e. The van der Waals surface area contributed by atoms with E-state index in [0.29, 0.717) is 11.3 Å². The van der Waals surface area contributed by atoms with Gasteiger partial charge in [0.15, 0.2) is 0 Å². The summed E-state index contributed by atoms with van der Waals surface area (Å²) in [6.07, 6.45) is 0. The molecule has 1 amide bonds. The molecule has 7 rings (SSSR count). The van der Waals surface area contributed by atoms with Crippen molar-refractivity contribution >= 4 is 27.6 Å². The molecule has 304 valence electrons. The van der Waals surface area contributed by atoms with Crippen LogP contribution in [0.4, 0.5) is 5.69 Å². The minimum Gasteiger partial charge on any atom is -0.488 e. The lowest BCUT2D eigenvalue weighted by Crippen LogP contribution is -2.41. The summed E-state index contributed by atoms with van der Waals surface area (Å²) in [5.41, 5.74) is 8.13. The highest BCUT2D eigenvalue weighted by Gasteiger charge is 2.28. The average Bonchev–Trinajstić information content (AvgIpc) is 3.30. The first-order chi connectivity index (χ1) is 29.6. The molecule has 0 spiro atoms. The third-order valence-corrected chi connectivity index (χ3v) is 12.0. The summed E-state index contributed by atoms with van der Waals surface area (Å²) in [7, 11) is -2.66. The number of hydrogen-bond acceptors (Lipinski definition) is 7. The van der Waals surface area contributed by atoms with Crippen LogP contribution >= 0.6 is 0 Å². The molecule has 0 unspecified atom stereocenters. The highest BCUT2D eigenvalue weighted by Crippen LogP contribution is 2.35. The van der Waals surface area contributed by atoms with Gasteiger partial charge in [0.25, 0.3) is 0 Å². The average molecular weight is 826 g/mol. The lowest BCUT2D eigenvalue weighted by molar-refractivity contribution is -0.118. The van der Waals surface area contributed by atoms with Crippen molar-refractivity contribution in [3.05, 3.63) is 209 Å². The number of anilines is 1. The van der Waals surface area contributed by atoms with Gasteiger partial charge >= 0.3 is 5.97 Å². The Morgan fingerprint density at radius 3 is 1.89 bits per heavy atom. The topological polar surface area (TPSA) is 117 Å². The summed E-state index contributed by atoms with van der Waals surface area (Å²) >= 11 is 0. The van der Waals surface area contributed by atoms with E-state index in [2.05, 4.69) is 6.07 Å². The van der Waals surface area contributed by atoms with Crippen LogP contribution in [0.1, 0.15) is 38.2 Å². The molecule has 0 atom stereocenters. The standard InChI is InChI=1S/C51H43N3O6S/c1-37-18-26-45(27-19-37)61(57,58)53(2)34-50(55)54(33-41-22-28-46(43-23-20-38(32-52)21-24-43)48(30-41)42-16-10-5-11-17-42)44-25-29-47(51(56)60-36-40-14-8-4-9-15-40)49(31-44)59-35-39-12-6-3-7-13-39/h3-31H,33-36H2,1-2H3.